The largest absolute Gasteiger partial charge is 0.449 e. The maximum Gasteiger partial charge on any atom is 0.412 e. The Morgan fingerprint density at radius 1 is 1.56 bits per heavy atom. The van der Waals surface area contributed by atoms with E-state index in [1.165, 1.54) is 0 Å². The summed E-state index contributed by atoms with van der Waals surface area (Å²) in [5.41, 5.74) is -1.12. The van der Waals surface area contributed by atoms with Crippen molar-refractivity contribution < 1.29 is 33.3 Å². The number of nitrogens with one attached hydrogen (secondary N) is 1. The molecule has 1 aromatic rings. The molecule has 1 aromatic heterocycles. The molecular formula is C14H19F2N3O6. The number of unbranched alkanes of at least 4 members (excludes halogenated alkanes) is 1. The Bertz CT molecular complexity index is 668. The zero-order valence-corrected chi connectivity index (χ0v) is 13.4. The number of nitrogens with zero attached hydrogens (tertiary/aromatic N) is 2. The minimum absolute atomic E-state index is 0.177. The van der Waals surface area contributed by atoms with Crippen molar-refractivity contribution in [3.63, 3.8) is 0 Å². The number of anilines is 1. The Morgan fingerprint density at radius 3 is 2.84 bits per heavy atom. The van der Waals surface area contributed by atoms with Gasteiger partial charge in [0.15, 0.2) is 6.10 Å². The van der Waals surface area contributed by atoms with Crippen molar-refractivity contribution in [2.24, 2.45) is 0 Å². The number of halogens is 2. The average Bonchev–Trinajstić information content (AvgIpc) is 2.78. The molecule has 2 rings (SSSR count). The second-order valence-electron chi connectivity index (χ2n) is 5.45. The van der Waals surface area contributed by atoms with Crippen LogP contribution >= 0.6 is 0 Å². The lowest BCUT2D eigenvalue weighted by atomic mass is 10.1. The molecule has 3 N–H and O–H groups in total. The van der Waals surface area contributed by atoms with Gasteiger partial charge in [-0.05, 0) is 12.5 Å². The van der Waals surface area contributed by atoms with Crippen molar-refractivity contribution in [3.05, 3.63) is 22.7 Å². The summed E-state index contributed by atoms with van der Waals surface area (Å²) < 4.78 is 38.2. The Labute approximate surface area is 141 Å². The van der Waals surface area contributed by atoms with Crippen LogP contribution in [0, 0.1) is 0 Å². The first-order chi connectivity index (χ1) is 11.8. The number of carbonyl (C=O) groups is 1. The van der Waals surface area contributed by atoms with E-state index >= 15 is 0 Å². The number of rotatable bonds is 6. The van der Waals surface area contributed by atoms with E-state index in [1.54, 1.807) is 0 Å². The Morgan fingerprint density at radius 2 is 2.28 bits per heavy atom. The van der Waals surface area contributed by atoms with Crippen LogP contribution in [0.15, 0.2) is 17.1 Å². The lowest BCUT2D eigenvalue weighted by molar-refractivity contribution is -0.140. The Kier molecular flexibility index (Phi) is 6.03. The van der Waals surface area contributed by atoms with Crippen LogP contribution in [0.4, 0.5) is 19.4 Å². The summed E-state index contributed by atoms with van der Waals surface area (Å²) in [7, 11) is 0. The quantitative estimate of drug-likeness (QED) is 0.628. The molecule has 11 heteroatoms. The van der Waals surface area contributed by atoms with Gasteiger partial charge in [-0.15, -0.1) is 0 Å². The molecule has 0 radical (unpaired) electrons. The van der Waals surface area contributed by atoms with E-state index in [0.717, 1.165) is 18.7 Å². The molecule has 1 aliphatic rings. The molecule has 25 heavy (non-hydrogen) atoms. The van der Waals surface area contributed by atoms with E-state index in [4.69, 9.17) is 14.6 Å². The van der Waals surface area contributed by atoms with E-state index < -0.39 is 42.7 Å². The molecule has 2 heterocycles. The van der Waals surface area contributed by atoms with Gasteiger partial charge in [-0.25, -0.2) is 9.59 Å². The van der Waals surface area contributed by atoms with Gasteiger partial charge in [0.2, 0.25) is 6.23 Å². The van der Waals surface area contributed by atoms with Gasteiger partial charge in [-0.2, -0.15) is 13.8 Å². The molecule has 3 atom stereocenters. The second kappa shape index (κ2) is 7.85. The van der Waals surface area contributed by atoms with Crippen LogP contribution in [-0.4, -0.2) is 57.2 Å². The van der Waals surface area contributed by atoms with E-state index in [9.17, 15) is 23.5 Å². The van der Waals surface area contributed by atoms with Crippen LogP contribution in [0.2, 0.25) is 0 Å². The van der Waals surface area contributed by atoms with Crippen molar-refractivity contribution in [2.45, 2.75) is 44.1 Å². The van der Waals surface area contributed by atoms with Gasteiger partial charge in [0.1, 0.15) is 11.9 Å². The fourth-order valence-corrected chi connectivity index (χ4v) is 2.23. The zero-order valence-electron chi connectivity index (χ0n) is 13.4. The van der Waals surface area contributed by atoms with E-state index in [0.29, 0.717) is 11.0 Å². The summed E-state index contributed by atoms with van der Waals surface area (Å²) in [5, 5.41) is 20.6. The monoisotopic (exact) mass is 363 g/mol. The number of hydrogen-bond acceptors (Lipinski definition) is 7. The highest BCUT2D eigenvalue weighted by atomic mass is 19.3. The number of hydrogen-bond donors (Lipinski definition) is 3. The average molecular weight is 363 g/mol. The molecule has 0 aliphatic carbocycles. The maximum atomic E-state index is 14.0. The molecule has 1 fully saturated rings. The molecule has 0 aromatic carbocycles. The molecule has 0 bridgehead atoms. The molecule has 1 saturated heterocycles. The number of aliphatic hydroxyl groups excluding tert-OH is 2. The predicted molar refractivity (Wildman–Crippen MR) is 80.3 cm³/mol. The Hall–Kier alpha value is -2.11. The summed E-state index contributed by atoms with van der Waals surface area (Å²) in [6, 6.07) is 1.11. The number of ether oxygens (including phenoxy) is 2. The van der Waals surface area contributed by atoms with Crippen LogP contribution in [0.3, 0.4) is 0 Å². The van der Waals surface area contributed by atoms with Crippen LogP contribution in [0.1, 0.15) is 26.0 Å². The van der Waals surface area contributed by atoms with Crippen LogP contribution in [0.25, 0.3) is 0 Å². The SMILES string of the molecule is CCCCOC(=O)Nc1ccn([C@@H]2O[C@H](CO)[C@@H](O)C2(F)F)c(=O)n1. The van der Waals surface area contributed by atoms with Gasteiger partial charge in [-0.3, -0.25) is 9.88 Å². The van der Waals surface area contributed by atoms with Gasteiger partial charge >= 0.3 is 17.7 Å². The fourth-order valence-electron chi connectivity index (χ4n) is 2.23. The first-order valence-electron chi connectivity index (χ1n) is 7.66. The molecule has 0 spiro atoms. The number of carbonyl (C=O) groups excluding carboxylic acids is 1. The lowest BCUT2D eigenvalue weighted by Crippen LogP contribution is -2.41. The zero-order chi connectivity index (χ0) is 18.6. The third-order valence-corrected chi connectivity index (χ3v) is 3.60. The summed E-state index contributed by atoms with van der Waals surface area (Å²) in [5.74, 6) is -3.98. The normalized spacial score (nSPS) is 24.9. The first-order valence-corrected chi connectivity index (χ1v) is 7.66. The molecular weight excluding hydrogens is 344 g/mol. The highest BCUT2D eigenvalue weighted by molar-refractivity contribution is 5.83. The third kappa shape index (κ3) is 4.11. The fraction of sp³-hybridized carbons (Fsp3) is 0.643. The number of alkyl halides is 2. The van der Waals surface area contributed by atoms with Crippen LogP contribution < -0.4 is 11.0 Å². The summed E-state index contributed by atoms with van der Waals surface area (Å²) in [6.07, 6.45) is -4.29. The van der Waals surface area contributed by atoms with Crippen molar-refractivity contribution in [1.29, 1.82) is 0 Å². The standard InChI is InChI=1S/C14H19F2N3O6/c1-2-3-6-24-13(23)18-9-4-5-19(12(22)17-9)11-14(15,16)10(21)8(7-20)25-11/h4-5,8,10-11,20-21H,2-3,6-7H2,1H3,(H,17,18,22,23)/t8-,10-,11-/m1/s1. The molecule has 0 unspecified atom stereocenters. The minimum Gasteiger partial charge on any atom is -0.449 e. The second-order valence-corrected chi connectivity index (χ2v) is 5.45. The Balaban J connectivity index is 2.12. The number of aliphatic hydroxyl groups is 2. The minimum atomic E-state index is -3.80. The van der Waals surface area contributed by atoms with Crippen LogP contribution in [-0.2, 0) is 9.47 Å². The molecule has 140 valence electrons. The van der Waals surface area contributed by atoms with E-state index in [2.05, 4.69) is 10.3 Å². The number of aromatic nitrogens is 2. The van der Waals surface area contributed by atoms with Crippen molar-refractivity contribution >= 4 is 11.9 Å². The summed E-state index contributed by atoms with van der Waals surface area (Å²) >= 11 is 0. The molecule has 1 aliphatic heterocycles. The molecule has 0 saturated carbocycles. The van der Waals surface area contributed by atoms with Gasteiger partial charge < -0.3 is 19.7 Å². The summed E-state index contributed by atoms with van der Waals surface area (Å²) in [6.45, 7) is 1.28. The van der Waals surface area contributed by atoms with Crippen LogP contribution in [0.5, 0.6) is 0 Å². The number of amides is 1. The first kappa shape index (κ1) is 19.2. The highest BCUT2D eigenvalue weighted by Gasteiger charge is 2.59. The van der Waals surface area contributed by atoms with E-state index in [-0.39, 0.29) is 12.4 Å². The lowest BCUT2D eigenvalue weighted by Gasteiger charge is -2.21. The van der Waals surface area contributed by atoms with E-state index in [1.807, 2.05) is 6.92 Å². The highest BCUT2D eigenvalue weighted by Crippen LogP contribution is 2.41. The predicted octanol–water partition coefficient (Wildman–Crippen LogP) is 0.478. The van der Waals surface area contributed by atoms with Crippen molar-refractivity contribution in [2.75, 3.05) is 18.5 Å². The van der Waals surface area contributed by atoms with Gasteiger partial charge in [0, 0.05) is 6.20 Å². The van der Waals surface area contributed by atoms with Gasteiger partial charge in [0.25, 0.3) is 0 Å². The van der Waals surface area contributed by atoms with Crippen molar-refractivity contribution in [3.8, 4) is 0 Å². The smallest absolute Gasteiger partial charge is 0.412 e. The van der Waals surface area contributed by atoms with Crippen molar-refractivity contribution in [1.82, 2.24) is 9.55 Å². The molecule has 9 nitrogen and oxygen atoms in total. The van der Waals surface area contributed by atoms with Gasteiger partial charge in [0.05, 0.1) is 13.2 Å². The van der Waals surface area contributed by atoms with Gasteiger partial charge in [-0.1, -0.05) is 13.3 Å². The molecule has 1 amide bonds. The third-order valence-electron chi connectivity index (χ3n) is 3.60. The summed E-state index contributed by atoms with van der Waals surface area (Å²) in [4.78, 5) is 26.9. The maximum absolute atomic E-state index is 14.0. The topological polar surface area (TPSA) is 123 Å².